The maximum absolute atomic E-state index is 13.0. The second-order valence-electron chi connectivity index (χ2n) is 11.9. The third-order valence-electron chi connectivity index (χ3n) is 7.71. The van der Waals surface area contributed by atoms with Crippen LogP contribution in [-0.2, 0) is 23.7 Å². The van der Waals surface area contributed by atoms with E-state index in [1.54, 1.807) is 6.92 Å². The van der Waals surface area contributed by atoms with Gasteiger partial charge in [0, 0.05) is 13.5 Å². The van der Waals surface area contributed by atoms with Crippen molar-refractivity contribution in [1.82, 2.24) is 0 Å². The van der Waals surface area contributed by atoms with Gasteiger partial charge in [-0.1, -0.05) is 103 Å². The lowest BCUT2D eigenvalue weighted by Crippen LogP contribution is -2.51. The van der Waals surface area contributed by atoms with E-state index in [1.807, 2.05) is 21.1 Å². The molecule has 38 heavy (non-hydrogen) atoms. The number of nitrogens with zero attached hydrogens (tertiary/aromatic N) is 1. The highest BCUT2D eigenvalue weighted by molar-refractivity contribution is 7.92. The smallest absolute Gasteiger partial charge is 0.380 e. The molecule has 0 heterocycles. The van der Waals surface area contributed by atoms with Crippen molar-refractivity contribution in [2.45, 2.75) is 140 Å². The van der Waals surface area contributed by atoms with Crippen LogP contribution in [0.2, 0.25) is 0 Å². The molecule has 230 valence electrons. The van der Waals surface area contributed by atoms with Gasteiger partial charge in [-0.15, -0.1) is 0 Å². The van der Waals surface area contributed by atoms with Gasteiger partial charge in [0.15, 0.2) is 9.84 Å². The second kappa shape index (κ2) is 20.8. The van der Waals surface area contributed by atoms with Gasteiger partial charge in [-0.3, -0.25) is 4.52 Å². The van der Waals surface area contributed by atoms with E-state index in [1.165, 1.54) is 90.6 Å². The average molecular weight is 587 g/mol. The molecule has 0 aromatic heterocycles. The van der Waals surface area contributed by atoms with Crippen LogP contribution in [0.15, 0.2) is 0 Å². The van der Waals surface area contributed by atoms with E-state index < -0.39 is 29.0 Å². The SMILES string of the molecule is CCCCCCCCCCCCCCCCCCS(=O)(=O)C(C)C(CC(COP(=O)(O)O)[N+](C)(C)C)OC. The first-order valence-electron chi connectivity index (χ1n) is 15.0. The lowest BCUT2D eigenvalue weighted by molar-refractivity contribution is -0.897. The Kier molecular flexibility index (Phi) is 20.8. The third-order valence-corrected chi connectivity index (χ3v) is 10.5. The van der Waals surface area contributed by atoms with Gasteiger partial charge in [0.1, 0.15) is 12.6 Å². The summed E-state index contributed by atoms with van der Waals surface area (Å²) in [6.45, 7) is 3.75. The van der Waals surface area contributed by atoms with Gasteiger partial charge in [-0.25, -0.2) is 13.0 Å². The molecule has 0 aliphatic carbocycles. The summed E-state index contributed by atoms with van der Waals surface area (Å²) in [5.74, 6) is 0.139. The molecule has 0 aromatic rings. The molecule has 0 saturated heterocycles. The van der Waals surface area contributed by atoms with E-state index in [0.717, 1.165) is 12.8 Å². The third kappa shape index (κ3) is 19.9. The van der Waals surface area contributed by atoms with E-state index in [2.05, 4.69) is 6.92 Å². The molecule has 0 rings (SSSR count). The van der Waals surface area contributed by atoms with Crippen LogP contribution in [0.4, 0.5) is 0 Å². The fourth-order valence-corrected chi connectivity index (χ4v) is 6.84. The number of phosphoric ester groups is 1. The van der Waals surface area contributed by atoms with Crippen LogP contribution in [-0.4, -0.2) is 80.7 Å². The quantitative estimate of drug-likeness (QED) is 0.0664. The first kappa shape index (κ1) is 38.0. The number of quaternary nitrogens is 1. The number of likely N-dealkylation sites (N-methyl/N-ethyl adjacent to an activating group) is 1. The number of rotatable bonds is 26. The van der Waals surface area contributed by atoms with Crippen LogP contribution in [0, 0.1) is 0 Å². The fourth-order valence-electron chi connectivity index (χ4n) is 4.81. The maximum atomic E-state index is 13.0. The minimum absolute atomic E-state index is 0.139. The van der Waals surface area contributed by atoms with Crippen molar-refractivity contribution >= 4 is 17.7 Å². The molecule has 10 heteroatoms. The Hall–Kier alpha value is -0.0200. The number of sulfone groups is 1. The molecule has 0 radical (unpaired) electrons. The van der Waals surface area contributed by atoms with Crippen LogP contribution >= 0.6 is 7.82 Å². The molecule has 0 aliphatic rings. The van der Waals surface area contributed by atoms with E-state index in [-0.39, 0.29) is 18.4 Å². The Labute approximate surface area is 235 Å². The number of hydrogen-bond acceptors (Lipinski definition) is 5. The molecular weight excluding hydrogens is 525 g/mol. The molecule has 0 fully saturated rings. The number of unbranched alkanes of at least 4 members (excludes halogenated alkanes) is 15. The Balaban J connectivity index is 4.17. The van der Waals surface area contributed by atoms with Crippen molar-refractivity contribution in [3.8, 4) is 0 Å². The Bertz CT molecular complexity index is 721. The van der Waals surface area contributed by atoms with Gasteiger partial charge in [0.25, 0.3) is 0 Å². The van der Waals surface area contributed by atoms with Crippen molar-refractivity contribution in [2.24, 2.45) is 0 Å². The molecule has 0 bridgehead atoms. The number of hydrogen-bond donors (Lipinski definition) is 2. The predicted molar refractivity (Wildman–Crippen MR) is 158 cm³/mol. The standard InChI is InChI=1S/C28H60NO7PS/c1-7-8-9-10-11-12-13-14-15-16-17-18-19-20-21-22-23-38(33,34)26(2)28(35-6)24-27(29(3,4)5)25-36-37(30,31)32/h26-28H,7-25H2,1-6H3,(H-,30,31,32)/p+1. The summed E-state index contributed by atoms with van der Waals surface area (Å²) >= 11 is 0. The zero-order valence-electron chi connectivity index (χ0n) is 25.4. The summed E-state index contributed by atoms with van der Waals surface area (Å²) in [7, 11) is -0.817. The monoisotopic (exact) mass is 586 g/mol. The van der Waals surface area contributed by atoms with E-state index >= 15 is 0 Å². The number of methoxy groups -OCH3 is 1. The van der Waals surface area contributed by atoms with E-state index in [4.69, 9.17) is 19.0 Å². The van der Waals surface area contributed by atoms with Crippen molar-refractivity contribution in [3.63, 3.8) is 0 Å². The minimum Gasteiger partial charge on any atom is -0.380 e. The Morgan fingerprint density at radius 1 is 0.763 bits per heavy atom. The Morgan fingerprint density at radius 2 is 1.16 bits per heavy atom. The zero-order chi connectivity index (χ0) is 29.1. The molecule has 3 unspecified atom stereocenters. The largest absolute Gasteiger partial charge is 0.469 e. The van der Waals surface area contributed by atoms with Crippen molar-refractivity contribution < 1.29 is 36.5 Å². The van der Waals surface area contributed by atoms with Gasteiger partial charge < -0.3 is 19.0 Å². The minimum atomic E-state index is -4.61. The number of ether oxygens (including phenoxy) is 1. The maximum Gasteiger partial charge on any atom is 0.469 e. The first-order valence-corrected chi connectivity index (χ1v) is 18.2. The first-order chi connectivity index (χ1) is 17.7. The van der Waals surface area contributed by atoms with Crippen LogP contribution in [0.5, 0.6) is 0 Å². The van der Waals surface area contributed by atoms with Crippen LogP contribution in [0.25, 0.3) is 0 Å². The summed E-state index contributed by atoms with van der Waals surface area (Å²) in [5, 5.41) is -0.701. The second-order valence-corrected chi connectivity index (χ2v) is 15.7. The highest BCUT2D eigenvalue weighted by Crippen LogP contribution is 2.36. The van der Waals surface area contributed by atoms with Gasteiger partial charge in [0.2, 0.25) is 0 Å². The highest BCUT2D eigenvalue weighted by atomic mass is 32.2. The summed E-state index contributed by atoms with van der Waals surface area (Å²) in [4.78, 5) is 18.2. The van der Waals surface area contributed by atoms with Crippen LogP contribution in [0.1, 0.15) is 123 Å². The fraction of sp³-hybridized carbons (Fsp3) is 1.00. The van der Waals surface area contributed by atoms with Crippen molar-refractivity contribution in [1.29, 1.82) is 0 Å². The topological polar surface area (TPSA) is 110 Å². The molecule has 0 aromatic carbocycles. The molecule has 8 nitrogen and oxygen atoms in total. The molecule has 0 spiro atoms. The molecule has 2 N–H and O–H groups in total. The molecular formula is C28H61NO7PS+. The van der Waals surface area contributed by atoms with E-state index in [9.17, 15) is 13.0 Å². The molecule has 0 aliphatic heterocycles. The summed E-state index contributed by atoms with van der Waals surface area (Å²) in [5.41, 5.74) is 0. The highest BCUT2D eigenvalue weighted by Gasteiger charge is 2.36. The normalized spacial score (nSPS) is 15.5. The number of phosphoric acid groups is 1. The van der Waals surface area contributed by atoms with Crippen LogP contribution in [0.3, 0.4) is 0 Å². The van der Waals surface area contributed by atoms with Gasteiger partial charge in [-0.05, 0) is 13.3 Å². The summed E-state index contributed by atoms with van der Waals surface area (Å²) < 4.78 is 47.8. The lowest BCUT2D eigenvalue weighted by Gasteiger charge is -2.36. The Morgan fingerprint density at radius 3 is 1.50 bits per heavy atom. The van der Waals surface area contributed by atoms with E-state index in [0.29, 0.717) is 17.3 Å². The summed E-state index contributed by atoms with van der Waals surface area (Å²) in [6.07, 6.45) is 19.7. The predicted octanol–water partition coefficient (Wildman–Crippen LogP) is 6.64. The zero-order valence-corrected chi connectivity index (χ0v) is 27.1. The molecule has 0 saturated carbocycles. The van der Waals surface area contributed by atoms with Crippen molar-refractivity contribution in [3.05, 3.63) is 0 Å². The average Bonchev–Trinajstić information content (AvgIpc) is 2.82. The molecule has 3 atom stereocenters. The summed E-state index contributed by atoms with van der Waals surface area (Å²) in [6, 6.07) is -0.333. The van der Waals surface area contributed by atoms with Gasteiger partial charge >= 0.3 is 7.82 Å². The molecule has 0 amide bonds. The van der Waals surface area contributed by atoms with Crippen LogP contribution < -0.4 is 0 Å². The lowest BCUT2D eigenvalue weighted by atomic mass is 10.0. The van der Waals surface area contributed by atoms with Gasteiger partial charge in [-0.2, -0.15) is 0 Å². The van der Waals surface area contributed by atoms with Gasteiger partial charge in [0.05, 0.1) is 38.2 Å². The van der Waals surface area contributed by atoms with Crippen molar-refractivity contribution in [2.75, 3.05) is 40.6 Å².